The molecular weight excluding hydrogens is 551 g/mol. The second-order valence-electron chi connectivity index (χ2n) is 9.20. The van der Waals surface area contributed by atoms with Gasteiger partial charge in [0.2, 0.25) is 17.7 Å². The molecule has 0 bridgehead atoms. The smallest absolute Gasteiger partial charge is 0.317 e. The molecule has 3 N–H and O–H groups in total. The summed E-state index contributed by atoms with van der Waals surface area (Å²) in [7, 11) is 6.78. The van der Waals surface area contributed by atoms with Gasteiger partial charge < -0.3 is 25.8 Å². The van der Waals surface area contributed by atoms with Crippen LogP contribution in [0.25, 0.3) is 0 Å². The number of rotatable bonds is 22. The summed E-state index contributed by atoms with van der Waals surface area (Å²) < 4.78 is 0. The van der Waals surface area contributed by atoms with Crippen LogP contribution in [-0.4, -0.2) is 90.9 Å². The van der Waals surface area contributed by atoms with Crippen LogP contribution in [0.3, 0.4) is 0 Å². The molecule has 0 radical (unpaired) electrons. The number of nitrogens with zero attached hydrogens (tertiary/aromatic N) is 2. The molecule has 0 atom stereocenters. The van der Waals surface area contributed by atoms with Crippen LogP contribution in [0.4, 0.5) is 4.79 Å². The highest BCUT2D eigenvalue weighted by Crippen LogP contribution is 2.43. The van der Waals surface area contributed by atoms with E-state index in [0.29, 0.717) is 57.9 Å². The lowest BCUT2D eigenvalue weighted by molar-refractivity contribution is -0.128. The van der Waals surface area contributed by atoms with Gasteiger partial charge in [0.05, 0.1) is 5.75 Å². The topological polar surface area (TPSA) is 111 Å². The maximum absolute atomic E-state index is 11.9. The third-order valence-electron chi connectivity index (χ3n) is 6.22. The van der Waals surface area contributed by atoms with Gasteiger partial charge in [-0.2, -0.15) is 0 Å². The number of carbonyl (C=O) groups excluding carboxylic acids is 4. The first-order chi connectivity index (χ1) is 18.1. The Balaban J connectivity index is 1.24. The number of carbonyl (C=O) groups is 4. The number of hydrogen-bond acceptors (Lipinski definition) is 8. The molecular formula is C24H43N5O4S4. The largest absolute Gasteiger partial charge is 0.354 e. The van der Waals surface area contributed by atoms with Gasteiger partial charge in [0.1, 0.15) is 0 Å². The van der Waals surface area contributed by atoms with E-state index < -0.39 is 0 Å². The van der Waals surface area contributed by atoms with Crippen molar-refractivity contribution in [2.45, 2.75) is 70.6 Å². The lowest BCUT2D eigenvalue weighted by Crippen LogP contribution is -2.37. The van der Waals surface area contributed by atoms with Crippen LogP contribution in [0.5, 0.6) is 0 Å². The highest BCUT2D eigenvalue weighted by molar-refractivity contribution is 9.26. The first-order valence-electron chi connectivity index (χ1n) is 13.5. The lowest BCUT2D eigenvalue weighted by Gasteiger charge is -2.15. The van der Waals surface area contributed by atoms with Crippen molar-refractivity contribution in [1.82, 2.24) is 25.8 Å². The first kappa shape index (κ1) is 32.3. The zero-order valence-corrected chi connectivity index (χ0v) is 25.1. The van der Waals surface area contributed by atoms with Gasteiger partial charge in [-0.25, -0.2) is 4.79 Å². The molecule has 2 heterocycles. The average Bonchev–Trinajstić information content (AvgIpc) is 3.48. The van der Waals surface area contributed by atoms with Crippen molar-refractivity contribution in [1.29, 1.82) is 0 Å². The van der Waals surface area contributed by atoms with E-state index in [1.165, 1.54) is 38.5 Å². The number of unbranched alkanes of at least 4 members (excludes halogenated alkanes) is 7. The highest BCUT2D eigenvalue weighted by atomic mass is 33.7. The quantitative estimate of drug-likeness (QED) is 0.127. The van der Waals surface area contributed by atoms with Crippen LogP contribution in [0.2, 0.25) is 0 Å². The minimum atomic E-state index is -0.0499. The van der Waals surface area contributed by atoms with E-state index in [2.05, 4.69) is 16.0 Å². The number of nitrogens with one attached hydrogen (secondary N) is 3. The van der Waals surface area contributed by atoms with Crippen LogP contribution in [-0.2, 0) is 14.4 Å². The summed E-state index contributed by atoms with van der Waals surface area (Å²) in [5, 5.41) is 8.54. The summed E-state index contributed by atoms with van der Waals surface area (Å²) in [6, 6.07) is -0.0499. The van der Waals surface area contributed by atoms with E-state index in [1.54, 1.807) is 35.3 Å². The third-order valence-corrected chi connectivity index (χ3v) is 12.6. The van der Waals surface area contributed by atoms with Crippen LogP contribution < -0.4 is 16.0 Å². The van der Waals surface area contributed by atoms with E-state index in [9.17, 15) is 19.2 Å². The van der Waals surface area contributed by atoms with Gasteiger partial charge in [-0.15, -0.1) is 0 Å². The fourth-order valence-corrected chi connectivity index (χ4v) is 9.98. The maximum atomic E-state index is 11.9. The molecule has 2 fully saturated rings. The predicted octanol–water partition coefficient (Wildman–Crippen LogP) is 4.06. The lowest BCUT2D eigenvalue weighted by atomic mass is 10.1. The predicted molar refractivity (Wildman–Crippen MR) is 158 cm³/mol. The zero-order valence-electron chi connectivity index (χ0n) is 21.8. The molecule has 2 rings (SSSR count). The van der Waals surface area contributed by atoms with Crippen LogP contribution in [0, 0.1) is 0 Å². The Morgan fingerprint density at radius 1 is 0.784 bits per heavy atom. The minimum Gasteiger partial charge on any atom is -0.354 e. The van der Waals surface area contributed by atoms with E-state index in [-0.39, 0.29) is 23.8 Å². The van der Waals surface area contributed by atoms with Gasteiger partial charge in [-0.05, 0) is 38.9 Å². The maximum Gasteiger partial charge on any atom is 0.317 e. The summed E-state index contributed by atoms with van der Waals surface area (Å²) in [6.07, 6.45) is 11.6. The third kappa shape index (κ3) is 15.9. The second kappa shape index (κ2) is 21.0. The molecule has 0 unspecified atom stereocenters. The molecule has 0 aromatic rings. The van der Waals surface area contributed by atoms with Crippen molar-refractivity contribution in [2.75, 3.05) is 57.3 Å². The normalized spacial score (nSPS) is 15.4. The van der Waals surface area contributed by atoms with Crippen molar-refractivity contribution < 1.29 is 19.2 Å². The fourth-order valence-electron chi connectivity index (χ4n) is 4.12. The van der Waals surface area contributed by atoms with Crippen LogP contribution in [0.1, 0.15) is 70.6 Å². The highest BCUT2D eigenvalue weighted by Gasteiger charge is 2.19. The molecule has 0 aromatic carbocycles. The molecule has 2 aliphatic heterocycles. The molecule has 0 saturated carbocycles. The Bertz CT molecular complexity index is 648. The molecule has 0 aliphatic carbocycles. The molecule has 212 valence electrons. The summed E-state index contributed by atoms with van der Waals surface area (Å²) in [4.78, 5) is 50.2. The Labute approximate surface area is 237 Å². The van der Waals surface area contributed by atoms with Gasteiger partial charge >= 0.3 is 6.03 Å². The minimum absolute atomic E-state index is 0.0117. The van der Waals surface area contributed by atoms with E-state index in [4.69, 9.17) is 0 Å². The van der Waals surface area contributed by atoms with Crippen molar-refractivity contribution in [2.24, 2.45) is 0 Å². The van der Waals surface area contributed by atoms with Crippen molar-refractivity contribution >= 4 is 65.0 Å². The fraction of sp³-hybridized carbons (Fsp3) is 0.833. The number of urea groups is 1. The van der Waals surface area contributed by atoms with Gasteiger partial charge in [0.25, 0.3) is 0 Å². The molecule has 2 saturated heterocycles. The van der Waals surface area contributed by atoms with Crippen molar-refractivity contribution in [3.63, 3.8) is 0 Å². The Morgan fingerprint density at radius 3 is 2.11 bits per heavy atom. The molecule has 0 spiro atoms. The Hall–Kier alpha value is -0.920. The number of amides is 5. The van der Waals surface area contributed by atoms with Crippen LogP contribution >= 0.6 is 41.2 Å². The number of hydrogen-bond donors (Lipinski definition) is 3. The Morgan fingerprint density at radius 2 is 1.43 bits per heavy atom. The SMILES string of the molecule is O=C(CCCCCCCCCCSSSSCC(=O)NCCN1CCNC1=O)NCCN1CCCC1=O. The second-order valence-corrected chi connectivity index (χ2v) is 15.3. The molecule has 0 aromatic heterocycles. The zero-order chi connectivity index (χ0) is 26.6. The first-order valence-corrected chi connectivity index (χ1v) is 18.6. The summed E-state index contributed by atoms with van der Waals surface area (Å²) in [6.45, 7) is 4.49. The summed E-state index contributed by atoms with van der Waals surface area (Å²) in [5.74, 6) is 1.88. The van der Waals surface area contributed by atoms with Gasteiger partial charge in [-0.1, -0.05) is 60.1 Å². The Kier molecular flexibility index (Phi) is 18.3. The van der Waals surface area contributed by atoms with Crippen molar-refractivity contribution in [3.8, 4) is 0 Å². The molecule has 37 heavy (non-hydrogen) atoms. The summed E-state index contributed by atoms with van der Waals surface area (Å²) >= 11 is 0. The molecule has 5 amide bonds. The molecule has 13 heteroatoms. The van der Waals surface area contributed by atoms with Gasteiger partial charge in [0, 0.05) is 64.4 Å². The van der Waals surface area contributed by atoms with Gasteiger partial charge in [-0.3, -0.25) is 14.4 Å². The van der Waals surface area contributed by atoms with E-state index >= 15 is 0 Å². The molecule has 9 nitrogen and oxygen atoms in total. The van der Waals surface area contributed by atoms with E-state index in [1.807, 2.05) is 15.7 Å². The molecule has 2 aliphatic rings. The number of likely N-dealkylation sites (tertiary alicyclic amines) is 1. The summed E-state index contributed by atoms with van der Waals surface area (Å²) in [5.41, 5.74) is 0. The van der Waals surface area contributed by atoms with Gasteiger partial charge in [0.15, 0.2) is 0 Å². The monoisotopic (exact) mass is 593 g/mol. The standard InChI is InChI=1S/C24H43N5O4S4/c30-21(25-12-16-28-15-9-11-23(28)32)10-7-5-3-1-2-4-6-8-19-34-36-37-35-20-22(31)26-13-17-29-18-14-27-24(29)33/h1-20H2,(H,25,30)(H,26,31)(H,27,33). The van der Waals surface area contributed by atoms with Crippen molar-refractivity contribution in [3.05, 3.63) is 0 Å². The average molecular weight is 594 g/mol. The van der Waals surface area contributed by atoms with E-state index in [0.717, 1.165) is 31.6 Å². The van der Waals surface area contributed by atoms with Crippen LogP contribution in [0.15, 0.2) is 0 Å².